The summed E-state index contributed by atoms with van der Waals surface area (Å²) in [6.07, 6.45) is 0. The molecule has 2 N–H and O–H groups in total. The van der Waals surface area contributed by atoms with Crippen LogP contribution in [0.25, 0.3) is 17.1 Å². The first-order chi connectivity index (χ1) is 16.0. The van der Waals surface area contributed by atoms with Gasteiger partial charge in [0.2, 0.25) is 0 Å². The third-order valence-corrected chi connectivity index (χ3v) is 5.92. The maximum Gasteiger partial charge on any atom is 0.337 e. The van der Waals surface area contributed by atoms with E-state index < -0.39 is 12.0 Å². The number of esters is 1. The fourth-order valence-electron chi connectivity index (χ4n) is 3.49. The number of urea groups is 1. The van der Waals surface area contributed by atoms with Gasteiger partial charge in [-0.1, -0.05) is 30.0 Å². The van der Waals surface area contributed by atoms with Crippen molar-refractivity contribution in [1.82, 2.24) is 25.4 Å². The van der Waals surface area contributed by atoms with Gasteiger partial charge >= 0.3 is 12.0 Å². The van der Waals surface area contributed by atoms with Gasteiger partial charge in [0, 0.05) is 22.7 Å². The van der Waals surface area contributed by atoms with Gasteiger partial charge in [-0.25, -0.2) is 14.0 Å². The highest BCUT2D eigenvalue weighted by atomic mass is 32.2. The van der Waals surface area contributed by atoms with Crippen molar-refractivity contribution in [3.63, 3.8) is 0 Å². The number of carbonyl (C=O) groups excluding carboxylic acids is 2. The van der Waals surface area contributed by atoms with E-state index in [4.69, 9.17) is 4.74 Å². The molecule has 0 radical (unpaired) electrons. The molecule has 0 saturated heterocycles. The van der Waals surface area contributed by atoms with E-state index in [9.17, 15) is 14.0 Å². The lowest BCUT2D eigenvalue weighted by atomic mass is 10.1. The van der Waals surface area contributed by atoms with Crippen LogP contribution in [0.4, 0.5) is 9.18 Å². The fraction of sp³-hybridized carbons (Fsp3) is 0.217. The predicted octanol–water partition coefficient (Wildman–Crippen LogP) is 3.68. The molecule has 8 nitrogen and oxygen atoms in total. The normalized spacial score (nSPS) is 15.7. The zero-order valence-corrected chi connectivity index (χ0v) is 18.9. The van der Waals surface area contributed by atoms with Gasteiger partial charge in [-0.2, -0.15) is 0 Å². The molecule has 10 heteroatoms. The van der Waals surface area contributed by atoms with E-state index >= 15 is 0 Å². The van der Waals surface area contributed by atoms with Gasteiger partial charge in [0.1, 0.15) is 5.82 Å². The van der Waals surface area contributed by atoms with Gasteiger partial charge in [-0.3, -0.25) is 4.57 Å². The number of aromatic nitrogens is 3. The quantitative estimate of drug-likeness (QED) is 0.406. The Bertz CT molecular complexity index is 1190. The Labute approximate surface area is 194 Å². The monoisotopic (exact) mass is 467 g/mol. The maximum atomic E-state index is 13.4. The van der Waals surface area contributed by atoms with Gasteiger partial charge < -0.3 is 15.4 Å². The molecular formula is C23H22FN5O3S. The summed E-state index contributed by atoms with van der Waals surface area (Å²) in [6.45, 7) is 3.69. The molecule has 0 bridgehead atoms. The second kappa shape index (κ2) is 9.86. The number of benzene rings is 2. The van der Waals surface area contributed by atoms with Crippen LogP contribution in [0.3, 0.4) is 0 Å². The number of amides is 2. The number of carbonyl (C=O) groups is 2. The van der Waals surface area contributed by atoms with E-state index in [2.05, 4.69) is 20.8 Å². The highest BCUT2D eigenvalue weighted by Crippen LogP contribution is 2.30. The summed E-state index contributed by atoms with van der Waals surface area (Å²) >= 11 is 1.32. The van der Waals surface area contributed by atoms with Crippen LogP contribution in [-0.2, 0) is 9.53 Å². The van der Waals surface area contributed by atoms with E-state index in [1.165, 1.54) is 23.9 Å². The summed E-state index contributed by atoms with van der Waals surface area (Å²) in [5.41, 5.74) is 2.36. The molecule has 33 heavy (non-hydrogen) atoms. The van der Waals surface area contributed by atoms with E-state index in [-0.39, 0.29) is 24.2 Å². The average Bonchev–Trinajstić information content (AvgIpc) is 3.22. The van der Waals surface area contributed by atoms with E-state index in [1.54, 1.807) is 26.0 Å². The Balaban J connectivity index is 1.71. The van der Waals surface area contributed by atoms with Gasteiger partial charge in [0.25, 0.3) is 0 Å². The summed E-state index contributed by atoms with van der Waals surface area (Å²) in [4.78, 5) is 24.5. The van der Waals surface area contributed by atoms with Crippen molar-refractivity contribution < 1.29 is 18.7 Å². The van der Waals surface area contributed by atoms with E-state index in [1.807, 2.05) is 34.9 Å². The standard InChI is InChI=1S/C23H22FN5O3S/c1-3-32-21(30)19-14(2)25-22(31)26-18(19)13-33-23-28-27-20(15-9-11-16(24)12-10-15)29(23)17-7-5-4-6-8-17/h4-12,14H,3,13H2,1-2H3,(H2,25,26,31). The lowest BCUT2D eigenvalue weighted by Gasteiger charge is -2.26. The van der Waals surface area contributed by atoms with Crippen LogP contribution < -0.4 is 10.6 Å². The van der Waals surface area contributed by atoms with Gasteiger partial charge in [0.15, 0.2) is 11.0 Å². The van der Waals surface area contributed by atoms with Crippen LogP contribution in [0.1, 0.15) is 13.8 Å². The molecule has 170 valence electrons. The molecule has 2 heterocycles. The molecule has 0 saturated carbocycles. The van der Waals surface area contributed by atoms with E-state index in [0.717, 1.165) is 5.69 Å². The number of hydrogen-bond acceptors (Lipinski definition) is 6. The van der Waals surface area contributed by atoms with Crippen molar-refractivity contribution in [1.29, 1.82) is 0 Å². The third-order valence-electron chi connectivity index (χ3n) is 4.96. The number of thioether (sulfide) groups is 1. The summed E-state index contributed by atoms with van der Waals surface area (Å²) in [7, 11) is 0. The Kier molecular flexibility index (Phi) is 6.74. The van der Waals surface area contributed by atoms with Gasteiger partial charge in [-0.15, -0.1) is 10.2 Å². The number of para-hydroxylation sites is 1. The van der Waals surface area contributed by atoms with Crippen molar-refractivity contribution in [3.05, 3.63) is 71.7 Å². The average molecular weight is 468 g/mol. The molecule has 3 aromatic rings. The lowest BCUT2D eigenvalue weighted by molar-refractivity contribution is -0.138. The molecule has 1 aromatic heterocycles. The van der Waals surface area contributed by atoms with Crippen LogP contribution in [0.5, 0.6) is 0 Å². The number of nitrogens with zero attached hydrogens (tertiary/aromatic N) is 3. The van der Waals surface area contributed by atoms with Crippen molar-refractivity contribution in [2.45, 2.75) is 25.0 Å². The Morgan fingerprint density at radius 2 is 1.88 bits per heavy atom. The minimum absolute atomic E-state index is 0.229. The second-order valence-electron chi connectivity index (χ2n) is 7.21. The Hall–Kier alpha value is -3.66. The Morgan fingerprint density at radius 3 is 2.58 bits per heavy atom. The SMILES string of the molecule is CCOC(=O)C1=C(CSc2nnc(-c3ccc(F)cc3)n2-c2ccccc2)NC(=O)NC1C. The molecular weight excluding hydrogens is 445 g/mol. The van der Waals surface area contributed by atoms with Gasteiger partial charge in [0.05, 0.1) is 18.2 Å². The molecule has 0 spiro atoms. The number of hydrogen-bond donors (Lipinski definition) is 2. The summed E-state index contributed by atoms with van der Waals surface area (Å²) in [5.74, 6) is -0.00993. The maximum absolute atomic E-state index is 13.4. The first-order valence-electron chi connectivity index (χ1n) is 10.3. The molecule has 0 fully saturated rings. The summed E-state index contributed by atoms with van der Waals surface area (Å²) in [5, 5.41) is 14.6. The summed E-state index contributed by atoms with van der Waals surface area (Å²) in [6, 6.07) is 14.7. The number of rotatable bonds is 7. The fourth-order valence-corrected chi connectivity index (χ4v) is 4.41. The highest BCUT2D eigenvalue weighted by Gasteiger charge is 2.30. The Morgan fingerprint density at radius 1 is 1.15 bits per heavy atom. The summed E-state index contributed by atoms with van der Waals surface area (Å²) < 4.78 is 20.5. The predicted molar refractivity (Wildman–Crippen MR) is 122 cm³/mol. The molecule has 1 aliphatic heterocycles. The van der Waals surface area contributed by atoms with Crippen molar-refractivity contribution >= 4 is 23.8 Å². The van der Waals surface area contributed by atoms with Gasteiger partial charge in [-0.05, 0) is 50.2 Å². The first-order valence-corrected chi connectivity index (χ1v) is 11.3. The smallest absolute Gasteiger partial charge is 0.337 e. The van der Waals surface area contributed by atoms with Crippen LogP contribution in [0, 0.1) is 5.82 Å². The highest BCUT2D eigenvalue weighted by molar-refractivity contribution is 7.99. The lowest BCUT2D eigenvalue weighted by Crippen LogP contribution is -2.49. The van der Waals surface area contributed by atoms with E-state index in [0.29, 0.717) is 27.8 Å². The largest absolute Gasteiger partial charge is 0.463 e. The topological polar surface area (TPSA) is 98.1 Å². The third kappa shape index (κ3) is 4.90. The zero-order chi connectivity index (χ0) is 23.4. The number of halogens is 1. The van der Waals surface area contributed by atoms with Crippen molar-refractivity contribution in [3.8, 4) is 17.1 Å². The number of nitrogens with one attached hydrogen (secondary N) is 2. The van der Waals surface area contributed by atoms with Crippen LogP contribution in [0.15, 0.2) is 71.0 Å². The van der Waals surface area contributed by atoms with Crippen LogP contribution >= 0.6 is 11.8 Å². The second-order valence-corrected chi connectivity index (χ2v) is 8.15. The van der Waals surface area contributed by atoms with Crippen LogP contribution in [-0.4, -0.2) is 45.2 Å². The first kappa shape index (κ1) is 22.5. The molecule has 2 amide bonds. The minimum atomic E-state index is -0.491. The molecule has 2 aromatic carbocycles. The molecule has 1 unspecified atom stereocenters. The molecule has 0 aliphatic carbocycles. The molecule has 4 rings (SSSR count). The number of ether oxygens (including phenoxy) is 1. The minimum Gasteiger partial charge on any atom is -0.463 e. The zero-order valence-electron chi connectivity index (χ0n) is 18.0. The molecule has 1 atom stereocenters. The molecule has 1 aliphatic rings. The van der Waals surface area contributed by atoms with Crippen molar-refractivity contribution in [2.75, 3.05) is 12.4 Å². The van der Waals surface area contributed by atoms with Crippen molar-refractivity contribution in [2.24, 2.45) is 0 Å². The van der Waals surface area contributed by atoms with Crippen LogP contribution in [0.2, 0.25) is 0 Å².